The first-order chi connectivity index (χ1) is 8.19. The molecule has 1 aromatic rings. The summed E-state index contributed by atoms with van der Waals surface area (Å²) in [6.07, 6.45) is 3.34. The van der Waals surface area contributed by atoms with Crippen molar-refractivity contribution in [2.24, 2.45) is 0 Å². The predicted molar refractivity (Wildman–Crippen MR) is 75.9 cm³/mol. The molecule has 1 rings (SSSR count). The second-order valence-electron chi connectivity index (χ2n) is 3.96. The molecular formula is C13H20O2S2. The van der Waals surface area contributed by atoms with Crippen LogP contribution in [0.5, 0.6) is 0 Å². The Kier molecular flexibility index (Phi) is 6.85. The van der Waals surface area contributed by atoms with Gasteiger partial charge in [-0.25, -0.2) is 0 Å². The third-order valence-electron chi connectivity index (χ3n) is 2.64. The molecule has 96 valence electrons. The molecule has 2 nitrogen and oxygen atoms in total. The summed E-state index contributed by atoms with van der Waals surface area (Å²) < 4.78 is 12.1. The predicted octanol–water partition coefficient (Wildman–Crippen LogP) is 2.69. The Morgan fingerprint density at radius 1 is 1.35 bits per heavy atom. The van der Waals surface area contributed by atoms with E-state index in [4.69, 9.17) is 0 Å². The minimum atomic E-state index is -1.02. The second kappa shape index (κ2) is 7.90. The number of rotatable bonds is 7. The third kappa shape index (κ3) is 4.82. The number of benzene rings is 1. The van der Waals surface area contributed by atoms with Crippen molar-refractivity contribution >= 4 is 22.6 Å². The summed E-state index contributed by atoms with van der Waals surface area (Å²) >= 11 is 1.60. The Bertz CT molecular complexity index is 341. The van der Waals surface area contributed by atoms with Crippen molar-refractivity contribution < 1.29 is 9.32 Å². The standard InChI is InChI=1S/C13H20O2S2/c1-3-7-12(14)13(16-2)10-17(15)11-8-5-4-6-9-11/h4-6,8-9,12-14H,3,7,10H2,1-2H3/t12-,13?,17-/m0/s1. The van der Waals surface area contributed by atoms with Crippen LogP contribution < -0.4 is 0 Å². The van der Waals surface area contributed by atoms with Crippen molar-refractivity contribution in [2.45, 2.75) is 36.0 Å². The van der Waals surface area contributed by atoms with E-state index in [1.807, 2.05) is 36.6 Å². The number of hydrogen-bond acceptors (Lipinski definition) is 3. The summed E-state index contributed by atoms with van der Waals surface area (Å²) in [4.78, 5) is 0.843. The average Bonchev–Trinajstić information content (AvgIpc) is 2.37. The van der Waals surface area contributed by atoms with E-state index < -0.39 is 10.8 Å². The van der Waals surface area contributed by atoms with E-state index in [0.29, 0.717) is 5.75 Å². The van der Waals surface area contributed by atoms with E-state index in [1.165, 1.54) is 0 Å². The van der Waals surface area contributed by atoms with Crippen LogP contribution in [0.2, 0.25) is 0 Å². The Hall–Kier alpha value is -0.320. The van der Waals surface area contributed by atoms with Crippen molar-refractivity contribution in [3.8, 4) is 0 Å². The molecule has 0 aliphatic carbocycles. The van der Waals surface area contributed by atoms with Gasteiger partial charge < -0.3 is 5.11 Å². The number of aliphatic hydroxyl groups is 1. The first-order valence-corrected chi connectivity index (χ1v) is 8.44. The van der Waals surface area contributed by atoms with Gasteiger partial charge in [0, 0.05) is 15.9 Å². The highest BCUT2D eigenvalue weighted by Gasteiger charge is 2.20. The van der Waals surface area contributed by atoms with Crippen LogP contribution in [0, 0.1) is 0 Å². The molecule has 1 aromatic carbocycles. The van der Waals surface area contributed by atoms with Gasteiger partial charge in [0.1, 0.15) is 0 Å². The van der Waals surface area contributed by atoms with Gasteiger partial charge in [-0.3, -0.25) is 4.21 Å². The van der Waals surface area contributed by atoms with Crippen LogP contribution in [0.15, 0.2) is 35.2 Å². The van der Waals surface area contributed by atoms with Crippen LogP contribution in [0.3, 0.4) is 0 Å². The van der Waals surface area contributed by atoms with Gasteiger partial charge in [0.15, 0.2) is 0 Å². The van der Waals surface area contributed by atoms with Crippen LogP contribution in [-0.4, -0.2) is 32.7 Å². The minimum absolute atomic E-state index is 0.0518. The number of aliphatic hydroxyl groups excluding tert-OH is 1. The molecule has 17 heavy (non-hydrogen) atoms. The lowest BCUT2D eigenvalue weighted by atomic mass is 10.1. The van der Waals surface area contributed by atoms with Gasteiger partial charge >= 0.3 is 0 Å². The second-order valence-corrected chi connectivity index (χ2v) is 6.53. The quantitative estimate of drug-likeness (QED) is 0.829. The molecule has 0 fully saturated rings. The normalized spacial score (nSPS) is 16.4. The summed E-state index contributed by atoms with van der Waals surface area (Å²) in [6, 6.07) is 9.45. The number of thioether (sulfide) groups is 1. The fourth-order valence-corrected chi connectivity index (χ4v) is 4.17. The topological polar surface area (TPSA) is 37.3 Å². The molecule has 3 atom stereocenters. The molecule has 0 heterocycles. The van der Waals surface area contributed by atoms with Crippen LogP contribution in [-0.2, 0) is 10.8 Å². The van der Waals surface area contributed by atoms with Crippen LogP contribution in [0.1, 0.15) is 19.8 Å². The van der Waals surface area contributed by atoms with Crippen molar-refractivity contribution in [1.29, 1.82) is 0 Å². The smallest absolute Gasteiger partial charge is 0.0667 e. The van der Waals surface area contributed by atoms with E-state index in [2.05, 4.69) is 6.92 Å². The molecule has 0 aromatic heterocycles. The summed E-state index contributed by atoms with van der Waals surface area (Å²) in [5.74, 6) is 0.520. The molecule has 0 radical (unpaired) electrons. The van der Waals surface area contributed by atoms with Crippen molar-refractivity contribution in [1.82, 2.24) is 0 Å². The van der Waals surface area contributed by atoms with Gasteiger partial charge in [0.2, 0.25) is 0 Å². The first-order valence-electron chi connectivity index (χ1n) is 5.83. The largest absolute Gasteiger partial charge is 0.392 e. The molecule has 4 heteroatoms. The maximum Gasteiger partial charge on any atom is 0.0667 e. The highest BCUT2D eigenvalue weighted by molar-refractivity contribution is 8.00. The lowest BCUT2D eigenvalue weighted by Crippen LogP contribution is -2.28. The highest BCUT2D eigenvalue weighted by atomic mass is 32.2. The summed E-state index contributed by atoms with van der Waals surface area (Å²) in [5.41, 5.74) is 0. The fraction of sp³-hybridized carbons (Fsp3) is 0.538. The van der Waals surface area contributed by atoms with E-state index >= 15 is 0 Å². The van der Waals surface area contributed by atoms with Gasteiger partial charge in [-0.2, -0.15) is 11.8 Å². The molecule has 0 amide bonds. The molecule has 0 saturated carbocycles. The fourth-order valence-electron chi connectivity index (χ4n) is 1.64. The van der Waals surface area contributed by atoms with Gasteiger partial charge in [-0.15, -0.1) is 0 Å². The maximum atomic E-state index is 12.1. The number of hydrogen-bond donors (Lipinski definition) is 1. The van der Waals surface area contributed by atoms with Gasteiger partial charge in [-0.05, 0) is 24.8 Å². The molecule has 0 saturated heterocycles. The zero-order chi connectivity index (χ0) is 12.7. The molecule has 1 unspecified atom stereocenters. The lowest BCUT2D eigenvalue weighted by molar-refractivity contribution is 0.166. The van der Waals surface area contributed by atoms with Gasteiger partial charge in [-0.1, -0.05) is 31.5 Å². The summed E-state index contributed by atoms with van der Waals surface area (Å²) in [6.45, 7) is 2.05. The SMILES string of the molecule is CCC[C@H](O)C(C[S@](=O)c1ccccc1)SC. The Balaban J connectivity index is 2.60. The molecule has 0 aliphatic rings. The van der Waals surface area contributed by atoms with Gasteiger partial charge in [0.25, 0.3) is 0 Å². The summed E-state index contributed by atoms with van der Waals surface area (Å²) in [7, 11) is -1.02. The first kappa shape index (κ1) is 14.7. The van der Waals surface area contributed by atoms with E-state index in [9.17, 15) is 9.32 Å². The van der Waals surface area contributed by atoms with E-state index in [1.54, 1.807) is 11.8 Å². The third-order valence-corrected chi connectivity index (χ3v) is 5.40. The van der Waals surface area contributed by atoms with E-state index in [0.717, 1.165) is 17.7 Å². The summed E-state index contributed by atoms with van der Waals surface area (Å²) in [5, 5.41) is 10.0. The van der Waals surface area contributed by atoms with Crippen LogP contribution in [0.25, 0.3) is 0 Å². The van der Waals surface area contributed by atoms with Crippen LogP contribution in [0.4, 0.5) is 0 Å². The Morgan fingerprint density at radius 2 is 2.00 bits per heavy atom. The molecule has 0 aliphatic heterocycles. The molecule has 0 spiro atoms. The molecular weight excluding hydrogens is 252 g/mol. The molecule has 1 N–H and O–H groups in total. The van der Waals surface area contributed by atoms with Crippen LogP contribution >= 0.6 is 11.8 Å². The van der Waals surface area contributed by atoms with Crippen molar-refractivity contribution in [3.05, 3.63) is 30.3 Å². The Morgan fingerprint density at radius 3 is 2.53 bits per heavy atom. The monoisotopic (exact) mass is 272 g/mol. The highest BCUT2D eigenvalue weighted by Crippen LogP contribution is 2.19. The van der Waals surface area contributed by atoms with Crippen molar-refractivity contribution in [3.63, 3.8) is 0 Å². The van der Waals surface area contributed by atoms with E-state index in [-0.39, 0.29) is 11.4 Å². The average molecular weight is 272 g/mol. The zero-order valence-corrected chi connectivity index (χ0v) is 12.0. The van der Waals surface area contributed by atoms with Crippen molar-refractivity contribution in [2.75, 3.05) is 12.0 Å². The lowest BCUT2D eigenvalue weighted by Gasteiger charge is -2.20. The maximum absolute atomic E-state index is 12.1. The zero-order valence-electron chi connectivity index (χ0n) is 10.3. The minimum Gasteiger partial charge on any atom is -0.392 e. The Labute approximate surface area is 110 Å². The van der Waals surface area contributed by atoms with Gasteiger partial charge in [0.05, 0.1) is 16.9 Å². The molecule has 0 bridgehead atoms.